The molecule has 1 atom stereocenters. The van der Waals surface area contributed by atoms with Crippen molar-refractivity contribution in [2.45, 2.75) is 39.3 Å². The number of hydrogen-bond acceptors (Lipinski definition) is 2. The fourth-order valence-electron chi connectivity index (χ4n) is 2.42. The van der Waals surface area contributed by atoms with Gasteiger partial charge < -0.3 is 16.0 Å². The molecule has 2 rings (SSSR count). The van der Waals surface area contributed by atoms with Crippen LogP contribution in [-0.4, -0.2) is 18.0 Å². The second-order valence-electron chi connectivity index (χ2n) is 6.15. The minimum absolute atomic E-state index is 0.255. The van der Waals surface area contributed by atoms with E-state index in [0.29, 0.717) is 12.1 Å². The van der Waals surface area contributed by atoms with Crippen molar-refractivity contribution in [3.63, 3.8) is 0 Å². The Morgan fingerprint density at radius 3 is 2.31 bits per heavy atom. The molecule has 0 spiro atoms. The molecule has 0 saturated heterocycles. The molecule has 6 heteroatoms. The molecule has 2 aromatic rings. The van der Waals surface area contributed by atoms with Gasteiger partial charge in [0.1, 0.15) is 11.9 Å². The van der Waals surface area contributed by atoms with Crippen molar-refractivity contribution in [1.82, 2.24) is 10.6 Å². The van der Waals surface area contributed by atoms with Gasteiger partial charge >= 0.3 is 6.03 Å². The Morgan fingerprint density at radius 2 is 1.69 bits per heavy atom. The molecule has 0 aliphatic heterocycles. The molecule has 0 aliphatic rings. The van der Waals surface area contributed by atoms with Crippen molar-refractivity contribution >= 4 is 17.6 Å². The summed E-state index contributed by atoms with van der Waals surface area (Å²) in [6.07, 6.45) is 1.28. The van der Waals surface area contributed by atoms with Crippen molar-refractivity contribution in [3.05, 3.63) is 65.5 Å². The number of nitrogens with one attached hydrogen (secondary N) is 3. The van der Waals surface area contributed by atoms with E-state index in [4.69, 9.17) is 0 Å². The number of hydrogen-bond donors (Lipinski definition) is 3. The number of carbonyl (C=O) groups excluding carboxylic acids is 2. The third-order valence-electron chi connectivity index (χ3n) is 3.88. The topological polar surface area (TPSA) is 70.2 Å². The summed E-state index contributed by atoms with van der Waals surface area (Å²) in [4.78, 5) is 24.5. The molecule has 0 fully saturated rings. The van der Waals surface area contributed by atoms with Crippen molar-refractivity contribution in [3.8, 4) is 0 Å². The van der Waals surface area contributed by atoms with Crippen LogP contribution in [0.2, 0.25) is 0 Å². The van der Waals surface area contributed by atoms with E-state index in [1.54, 1.807) is 12.1 Å². The molecular weight excluding hydrogens is 333 g/mol. The highest BCUT2D eigenvalue weighted by molar-refractivity contribution is 5.96. The van der Waals surface area contributed by atoms with Gasteiger partial charge in [0, 0.05) is 12.2 Å². The Balaban J connectivity index is 1.88. The average Bonchev–Trinajstić information content (AvgIpc) is 2.63. The van der Waals surface area contributed by atoms with Crippen molar-refractivity contribution in [2.24, 2.45) is 0 Å². The summed E-state index contributed by atoms with van der Waals surface area (Å²) in [6.45, 7) is 4.17. The lowest BCUT2D eigenvalue weighted by molar-refractivity contribution is -0.118. The van der Waals surface area contributed by atoms with Gasteiger partial charge in [-0.15, -0.1) is 0 Å². The number of rotatable bonds is 7. The van der Waals surface area contributed by atoms with Gasteiger partial charge in [0.15, 0.2) is 0 Å². The van der Waals surface area contributed by atoms with Crippen molar-refractivity contribution < 1.29 is 14.0 Å². The van der Waals surface area contributed by atoms with Crippen LogP contribution in [0.5, 0.6) is 0 Å². The molecule has 138 valence electrons. The molecular formula is C20H24FN3O2. The average molecular weight is 357 g/mol. The molecule has 5 nitrogen and oxygen atoms in total. The van der Waals surface area contributed by atoms with E-state index in [-0.39, 0.29) is 18.3 Å². The van der Waals surface area contributed by atoms with Crippen LogP contribution in [0.1, 0.15) is 30.9 Å². The third-order valence-corrected chi connectivity index (χ3v) is 3.88. The van der Waals surface area contributed by atoms with Gasteiger partial charge in [-0.2, -0.15) is 0 Å². The quantitative estimate of drug-likeness (QED) is 0.706. The number of aryl methyl sites for hydroxylation is 1. The zero-order valence-corrected chi connectivity index (χ0v) is 15.0. The minimum atomic E-state index is -0.630. The Kier molecular flexibility index (Phi) is 7.14. The lowest BCUT2D eigenvalue weighted by atomic mass is 10.1. The normalized spacial score (nSPS) is 11.5. The van der Waals surface area contributed by atoms with Gasteiger partial charge in [-0.05, 0) is 43.2 Å². The van der Waals surface area contributed by atoms with E-state index in [0.717, 1.165) is 17.5 Å². The first-order chi connectivity index (χ1) is 12.5. The maximum absolute atomic E-state index is 12.9. The van der Waals surface area contributed by atoms with Gasteiger partial charge in [0.25, 0.3) is 0 Å². The lowest BCUT2D eigenvalue weighted by Crippen LogP contribution is -2.47. The highest BCUT2D eigenvalue weighted by atomic mass is 19.1. The summed E-state index contributed by atoms with van der Waals surface area (Å²) in [5, 5.41) is 8.19. The SMILES string of the molecule is CCCC(NC(=O)NCc1ccc(F)cc1)C(=O)Nc1ccc(C)cc1. The predicted octanol–water partition coefficient (Wildman–Crippen LogP) is 3.74. The first kappa shape index (κ1) is 19.4. The number of halogens is 1. The molecule has 0 radical (unpaired) electrons. The Labute approximate surface area is 153 Å². The van der Waals surface area contributed by atoms with Crippen LogP contribution in [0, 0.1) is 12.7 Å². The zero-order chi connectivity index (χ0) is 18.9. The van der Waals surface area contributed by atoms with Crippen LogP contribution in [0.4, 0.5) is 14.9 Å². The van der Waals surface area contributed by atoms with Crippen LogP contribution in [0.15, 0.2) is 48.5 Å². The van der Waals surface area contributed by atoms with Crippen molar-refractivity contribution in [2.75, 3.05) is 5.32 Å². The fraction of sp³-hybridized carbons (Fsp3) is 0.300. The van der Waals surface area contributed by atoms with Crippen LogP contribution in [-0.2, 0) is 11.3 Å². The van der Waals surface area contributed by atoms with Gasteiger partial charge in [-0.25, -0.2) is 9.18 Å². The summed E-state index contributed by atoms with van der Waals surface area (Å²) in [7, 11) is 0. The molecule has 3 amide bonds. The first-order valence-electron chi connectivity index (χ1n) is 8.64. The van der Waals surface area contributed by atoms with Crippen molar-refractivity contribution in [1.29, 1.82) is 0 Å². The number of carbonyl (C=O) groups is 2. The van der Waals surface area contributed by atoms with Gasteiger partial charge in [-0.1, -0.05) is 43.2 Å². The second-order valence-corrected chi connectivity index (χ2v) is 6.15. The maximum atomic E-state index is 12.9. The largest absolute Gasteiger partial charge is 0.334 e. The number of benzene rings is 2. The molecule has 0 aromatic heterocycles. The van der Waals surface area contributed by atoms with Crippen LogP contribution >= 0.6 is 0 Å². The van der Waals surface area contributed by atoms with Gasteiger partial charge in [0.05, 0.1) is 0 Å². The molecule has 0 bridgehead atoms. The van der Waals surface area contributed by atoms with E-state index in [2.05, 4.69) is 16.0 Å². The summed E-state index contributed by atoms with van der Waals surface area (Å²) in [5.74, 6) is -0.582. The molecule has 0 saturated carbocycles. The van der Waals surface area contributed by atoms with E-state index >= 15 is 0 Å². The van der Waals surface area contributed by atoms with E-state index < -0.39 is 12.1 Å². The predicted molar refractivity (Wildman–Crippen MR) is 100 cm³/mol. The Bertz CT molecular complexity index is 730. The lowest BCUT2D eigenvalue weighted by Gasteiger charge is -2.18. The minimum Gasteiger partial charge on any atom is -0.334 e. The maximum Gasteiger partial charge on any atom is 0.315 e. The van der Waals surface area contributed by atoms with E-state index in [9.17, 15) is 14.0 Å². The molecule has 26 heavy (non-hydrogen) atoms. The number of anilines is 1. The third kappa shape index (κ3) is 6.20. The Morgan fingerprint density at radius 1 is 1.04 bits per heavy atom. The summed E-state index contributed by atoms with van der Waals surface area (Å²) in [6, 6.07) is 12.3. The second kappa shape index (κ2) is 9.56. The summed E-state index contributed by atoms with van der Waals surface area (Å²) >= 11 is 0. The highest BCUT2D eigenvalue weighted by Gasteiger charge is 2.19. The van der Waals surface area contributed by atoms with Crippen LogP contribution < -0.4 is 16.0 Å². The summed E-state index contributed by atoms with van der Waals surface area (Å²) < 4.78 is 12.9. The molecule has 2 aromatic carbocycles. The van der Waals surface area contributed by atoms with Gasteiger partial charge in [0.2, 0.25) is 5.91 Å². The van der Waals surface area contributed by atoms with E-state index in [1.165, 1.54) is 12.1 Å². The molecule has 0 heterocycles. The van der Waals surface area contributed by atoms with Crippen LogP contribution in [0.25, 0.3) is 0 Å². The standard InChI is InChI=1S/C20H24FN3O2/c1-3-4-18(19(25)23-17-11-5-14(2)6-12-17)24-20(26)22-13-15-7-9-16(21)10-8-15/h5-12,18H,3-4,13H2,1-2H3,(H,23,25)(H2,22,24,26). The highest BCUT2D eigenvalue weighted by Crippen LogP contribution is 2.10. The van der Waals surface area contributed by atoms with Crippen LogP contribution in [0.3, 0.4) is 0 Å². The zero-order valence-electron chi connectivity index (χ0n) is 15.0. The molecule has 0 aliphatic carbocycles. The summed E-state index contributed by atoms with van der Waals surface area (Å²) in [5.41, 5.74) is 2.57. The Hall–Kier alpha value is -2.89. The molecule has 1 unspecified atom stereocenters. The first-order valence-corrected chi connectivity index (χ1v) is 8.64. The van der Waals surface area contributed by atoms with E-state index in [1.807, 2.05) is 38.1 Å². The number of urea groups is 1. The fourth-order valence-corrected chi connectivity index (χ4v) is 2.42. The monoisotopic (exact) mass is 357 g/mol. The smallest absolute Gasteiger partial charge is 0.315 e. The number of amides is 3. The molecule has 3 N–H and O–H groups in total. The van der Waals surface area contributed by atoms with Gasteiger partial charge in [-0.3, -0.25) is 4.79 Å².